The van der Waals surface area contributed by atoms with Crippen LogP contribution in [0.2, 0.25) is 0 Å². The zero-order chi connectivity index (χ0) is 20.6. The fourth-order valence-corrected chi connectivity index (χ4v) is 4.10. The first-order valence-corrected chi connectivity index (χ1v) is 9.87. The minimum Gasteiger partial charge on any atom is -0.364 e. The molecular weight excluding hydrogens is 372 g/mol. The molecule has 1 aromatic heterocycles. The van der Waals surface area contributed by atoms with Crippen LogP contribution in [0.15, 0.2) is 102 Å². The van der Waals surface area contributed by atoms with Crippen molar-refractivity contribution in [1.82, 2.24) is 10.5 Å². The Morgan fingerprint density at radius 3 is 1.83 bits per heavy atom. The van der Waals surface area contributed by atoms with Crippen molar-refractivity contribution in [2.24, 2.45) is 0 Å². The van der Waals surface area contributed by atoms with Crippen molar-refractivity contribution in [2.45, 2.75) is 12.5 Å². The maximum Gasteiger partial charge on any atom is 0.203 e. The van der Waals surface area contributed by atoms with Gasteiger partial charge in [-0.05, 0) is 23.6 Å². The van der Waals surface area contributed by atoms with Crippen LogP contribution in [0.3, 0.4) is 0 Å². The van der Waals surface area contributed by atoms with Gasteiger partial charge in [0.15, 0.2) is 11.3 Å². The predicted molar refractivity (Wildman–Crippen MR) is 116 cm³/mol. The minimum atomic E-state index is -1.05. The van der Waals surface area contributed by atoms with E-state index in [0.717, 1.165) is 28.1 Å². The van der Waals surface area contributed by atoms with E-state index in [2.05, 4.69) is 10.5 Å². The summed E-state index contributed by atoms with van der Waals surface area (Å²) < 4.78 is 5.57. The predicted octanol–water partition coefficient (Wildman–Crippen LogP) is 4.97. The second kappa shape index (κ2) is 7.16. The van der Waals surface area contributed by atoms with Crippen molar-refractivity contribution in [3.05, 3.63) is 125 Å². The molecule has 2 heterocycles. The summed E-state index contributed by atoms with van der Waals surface area (Å²) in [5.41, 5.74) is 3.60. The van der Waals surface area contributed by atoms with Crippen molar-refractivity contribution >= 4 is 17.1 Å². The summed E-state index contributed by atoms with van der Waals surface area (Å²) in [6, 6.07) is 31.3. The molecule has 0 radical (unpaired) electrons. The lowest BCUT2D eigenvalue weighted by Crippen LogP contribution is -2.44. The Kier molecular flexibility index (Phi) is 4.32. The highest BCUT2D eigenvalue weighted by molar-refractivity contribution is 6.35. The molecular formula is C26H20N2O2. The molecule has 4 nitrogen and oxygen atoms in total. The van der Waals surface area contributed by atoms with Crippen LogP contribution in [0.1, 0.15) is 28.1 Å². The van der Waals surface area contributed by atoms with Gasteiger partial charge < -0.3 is 9.84 Å². The third kappa shape index (κ3) is 2.77. The zero-order valence-corrected chi connectivity index (χ0v) is 16.5. The highest BCUT2D eigenvalue weighted by Crippen LogP contribution is 2.45. The summed E-state index contributed by atoms with van der Waals surface area (Å²) in [6.45, 7) is 1.85. The van der Waals surface area contributed by atoms with Gasteiger partial charge in [-0.1, -0.05) is 96.2 Å². The van der Waals surface area contributed by atoms with Gasteiger partial charge in [0.25, 0.3) is 0 Å². The monoisotopic (exact) mass is 392 g/mol. The molecule has 4 heteroatoms. The van der Waals surface area contributed by atoms with Gasteiger partial charge in [-0.25, -0.2) is 0 Å². The number of benzene rings is 3. The van der Waals surface area contributed by atoms with Gasteiger partial charge in [0.2, 0.25) is 5.78 Å². The number of ketones is 1. The summed E-state index contributed by atoms with van der Waals surface area (Å²) in [4.78, 5) is 14.2. The first-order valence-electron chi connectivity index (χ1n) is 9.87. The smallest absolute Gasteiger partial charge is 0.203 e. The fourth-order valence-electron chi connectivity index (χ4n) is 4.10. The average Bonchev–Trinajstić information content (AvgIpc) is 3.37. The summed E-state index contributed by atoms with van der Waals surface area (Å²) in [6.07, 6.45) is 0. The minimum absolute atomic E-state index is 0.0603. The topological polar surface area (TPSA) is 55.1 Å². The van der Waals surface area contributed by atoms with Gasteiger partial charge in [0.1, 0.15) is 0 Å². The molecule has 30 heavy (non-hydrogen) atoms. The molecule has 0 saturated carbocycles. The normalized spacial score (nSPS) is 15.3. The van der Waals surface area contributed by atoms with Crippen molar-refractivity contribution in [2.75, 3.05) is 0 Å². The number of nitrogens with one attached hydrogen (secondary N) is 1. The molecule has 0 fully saturated rings. The molecule has 3 aromatic carbocycles. The Labute approximate surface area is 174 Å². The van der Waals surface area contributed by atoms with E-state index in [9.17, 15) is 4.79 Å². The maximum absolute atomic E-state index is 14.2. The molecule has 0 spiro atoms. The van der Waals surface area contributed by atoms with Crippen LogP contribution < -0.4 is 5.32 Å². The maximum atomic E-state index is 14.2. The van der Waals surface area contributed by atoms with E-state index in [1.165, 1.54) is 0 Å². The average molecular weight is 392 g/mol. The van der Waals surface area contributed by atoms with Gasteiger partial charge in [-0.15, -0.1) is 0 Å². The molecule has 5 rings (SSSR count). The van der Waals surface area contributed by atoms with Gasteiger partial charge in [0, 0.05) is 6.07 Å². The van der Waals surface area contributed by atoms with E-state index in [-0.39, 0.29) is 5.78 Å². The molecule has 1 aliphatic heterocycles. The molecule has 0 bridgehead atoms. The van der Waals surface area contributed by atoms with Gasteiger partial charge in [-0.2, -0.15) is 0 Å². The Morgan fingerprint density at radius 2 is 1.33 bits per heavy atom. The second-order valence-corrected chi connectivity index (χ2v) is 7.38. The standard InChI is InChI=1S/C26H20N2O2/c1-18-17-22(30-28-18)23-24(19-11-5-2-6-12-19)27-26(25(23)29,20-13-7-3-8-14-20)21-15-9-4-10-16-21/h2-17,27H,1H3. The molecule has 0 amide bonds. The summed E-state index contributed by atoms with van der Waals surface area (Å²) in [7, 11) is 0. The quantitative estimate of drug-likeness (QED) is 0.533. The Balaban J connectivity index is 1.79. The van der Waals surface area contributed by atoms with Crippen LogP contribution in [0.5, 0.6) is 0 Å². The SMILES string of the molecule is Cc1cc(C2=C(c3ccccc3)NC(c3ccccc3)(c3ccccc3)C2=O)on1. The lowest BCUT2D eigenvalue weighted by atomic mass is 9.79. The number of hydrogen-bond donors (Lipinski definition) is 1. The third-order valence-corrected chi connectivity index (χ3v) is 5.48. The first-order chi connectivity index (χ1) is 14.7. The third-order valence-electron chi connectivity index (χ3n) is 5.48. The first kappa shape index (κ1) is 18.1. The lowest BCUT2D eigenvalue weighted by Gasteiger charge is -2.31. The number of Topliss-reactive ketones (excluding diaryl/α,β-unsaturated/α-hetero) is 1. The van der Waals surface area contributed by atoms with Crippen LogP contribution in [0.25, 0.3) is 11.3 Å². The number of hydrogen-bond acceptors (Lipinski definition) is 4. The van der Waals surface area contributed by atoms with Gasteiger partial charge in [0.05, 0.1) is 17.0 Å². The van der Waals surface area contributed by atoms with E-state index < -0.39 is 5.54 Å². The Morgan fingerprint density at radius 1 is 0.800 bits per heavy atom. The molecule has 0 saturated heterocycles. The fraction of sp³-hybridized carbons (Fsp3) is 0.0769. The lowest BCUT2D eigenvalue weighted by molar-refractivity contribution is -0.117. The highest BCUT2D eigenvalue weighted by atomic mass is 16.5. The van der Waals surface area contributed by atoms with Crippen LogP contribution in [0.4, 0.5) is 0 Å². The van der Waals surface area contributed by atoms with E-state index in [4.69, 9.17) is 4.52 Å². The van der Waals surface area contributed by atoms with E-state index >= 15 is 0 Å². The van der Waals surface area contributed by atoms with Gasteiger partial charge >= 0.3 is 0 Å². The summed E-state index contributed by atoms with van der Waals surface area (Å²) in [5.74, 6) is 0.410. The molecule has 0 aliphatic carbocycles. The number of aryl methyl sites for hydroxylation is 1. The molecule has 1 N–H and O–H groups in total. The van der Waals surface area contributed by atoms with Crippen LogP contribution in [0, 0.1) is 6.92 Å². The molecule has 0 unspecified atom stereocenters. The number of rotatable bonds is 4. The largest absolute Gasteiger partial charge is 0.364 e. The van der Waals surface area contributed by atoms with Crippen LogP contribution >= 0.6 is 0 Å². The Bertz CT molecular complexity index is 1190. The second-order valence-electron chi connectivity index (χ2n) is 7.38. The Hall–Kier alpha value is -3.92. The number of aromatic nitrogens is 1. The highest BCUT2D eigenvalue weighted by Gasteiger charge is 2.51. The van der Waals surface area contributed by atoms with E-state index in [0.29, 0.717) is 11.3 Å². The van der Waals surface area contributed by atoms with Crippen LogP contribution in [-0.2, 0) is 10.3 Å². The van der Waals surface area contributed by atoms with Crippen molar-refractivity contribution in [3.8, 4) is 0 Å². The summed E-state index contributed by atoms with van der Waals surface area (Å²) in [5, 5.41) is 7.63. The molecule has 146 valence electrons. The van der Waals surface area contributed by atoms with E-state index in [1.807, 2.05) is 104 Å². The summed E-state index contributed by atoms with van der Waals surface area (Å²) >= 11 is 0. The number of carbonyl (C=O) groups excluding carboxylic acids is 1. The number of nitrogens with zero attached hydrogens (tertiary/aromatic N) is 1. The zero-order valence-electron chi connectivity index (χ0n) is 16.5. The molecule has 1 aliphatic rings. The van der Waals surface area contributed by atoms with Crippen molar-refractivity contribution in [3.63, 3.8) is 0 Å². The van der Waals surface area contributed by atoms with E-state index in [1.54, 1.807) is 0 Å². The van der Waals surface area contributed by atoms with Crippen molar-refractivity contribution in [1.29, 1.82) is 0 Å². The molecule has 0 atom stereocenters. The van der Waals surface area contributed by atoms with Crippen LogP contribution in [-0.4, -0.2) is 10.9 Å². The van der Waals surface area contributed by atoms with Gasteiger partial charge in [-0.3, -0.25) is 4.79 Å². The number of carbonyl (C=O) groups is 1. The van der Waals surface area contributed by atoms with Crippen molar-refractivity contribution < 1.29 is 9.32 Å². The molecule has 4 aromatic rings.